The normalized spacial score (nSPS) is 10.8. The SMILES string of the molecule is COCOc1ccc(C(=O)/C=C/c2ccc(Cl)cc2)c(O)c1. The number of hydrogen-bond donors (Lipinski definition) is 1. The summed E-state index contributed by atoms with van der Waals surface area (Å²) in [6.45, 7) is 0.0726. The number of rotatable bonds is 6. The lowest BCUT2D eigenvalue weighted by Gasteiger charge is -2.06. The Bertz CT molecular complexity index is 678. The van der Waals surface area contributed by atoms with E-state index in [9.17, 15) is 9.90 Å². The maximum Gasteiger partial charge on any atom is 0.189 e. The predicted octanol–water partition coefficient (Wildman–Crippen LogP) is 3.92. The Morgan fingerprint density at radius 2 is 1.95 bits per heavy atom. The minimum Gasteiger partial charge on any atom is -0.507 e. The summed E-state index contributed by atoms with van der Waals surface area (Å²) >= 11 is 5.80. The van der Waals surface area contributed by atoms with Gasteiger partial charge in [0.2, 0.25) is 0 Å². The molecule has 2 aromatic rings. The van der Waals surface area contributed by atoms with Gasteiger partial charge in [0.25, 0.3) is 0 Å². The quantitative estimate of drug-likeness (QED) is 0.498. The van der Waals surface area contributed by atoms with Gasteiger partial charge in [-0.05, 0) is 35.9 Å². The number of allylic oxidation sites excluding steroid dienone is 1. The third-order valence-corrected chi connectivity index (χ3v) is 3.13. The number of ketones is 1. The second-order valence-electron chi connectivity index (χ2n) is 4.48. The van der Waals surface area contributed by atoms with E-state index in [1.54, 1.807) is 36.4 Å². The zero-order valence-electron chi connectivity index (χ0n) is 12.0. The highest BCUT2D eigenvalue weighted by Gasteiger charge is 2.09. The van der Waals surface area contributed by atoms with Crippen LogP contribution in [0.5, 0.6) is 11.5 Å². The first kappa shape index (κ1) is 16.1. The summed E-state index contributed by atoms with van der Waals surface area (Å²) in [5.74, 6) is -0.0114. The Morgan fingerprint density at radius 3 is 2.59 bits per heavy atom. The summed E-state index contributed by atoms with van der Waals surface area (Å²) in [6, 6.07) is 11.6. The molecule has 0 unspecified atom stereocenters. The molecule has 0 saturated heterocycles. The van der Waals surface area contributed by atoms with E-state index in [0.717, 1.165) is 5.56 Å². The van der Waals surface area contributed by atoms with Crippen molar-refractivity contribution in [3.05, 3.63) is 64.7 Å². The average molecular weight is 319 g/mol. The van der Waals surface area contributed by atoms with Gasteiger partial charge in [0, 0.05) is 18.2 Å². The first-order valence-corrected chi connectivity index (χ1v) is 6.90. The van der Waals surface area contributed by atoms with Crippen molar-refractivity contribution < 1.29 is 19.4 Å². The largest absolute Gasteiger partial charge is 0.507 e. The molecule has 114 valence electrons. The van der Waals surface area contributed by atoms with E-state index in [-0.39, 0.29) is 23.9 Å². The lowest BCUT2D eigenvalue weighted by Crippen LogP contribution is -2.00. The van der Waals surface area contributed by atoms with E-state index in [1.807, 2.05) is 0 Å². The lowest BCUT2D eigenvalue weighted by atomic mass is 10.1. The van der Waals surface area contributed by atoms with Crippen LogP contribution in [0.3, 0.4) is 0 Å². The van der Waals surface area contributed by atoms with Crippen LogP contribution in [-0.4, -0.2) is 24.8 Å². The topological polar surface area (TPSA) is 55.8 Å². The fraction of sp³-hybridized carbons (Fsp3) is 0.118. The molecule has 0 aliphatic heterocycles. The van der Waals surface area contributed by atoms with Crippen LogP contribution in [0.25, 0.3) is 6.08 Å². The van der Waals surface area contributed by atoms with E-state index in [1.165, 1.54) is 25.3 Å². The van der Waals surface area contributed by atoms with Gasteiger partial charge in [0.15, 0.2) is 12.6 Å². The van der Waals surface area contributed by atoms with Gasteiger partial charge in [-0.3, -0.25) is 4.79 Å². The molecule has 0 amide bonds. The molecule has 5 heteroatoms. The number of phenols is 1. The van der Waals surface area contributed by atoms with E-state index in [0.29, 0.717) is 10.8 Å². The van der Waals surface area contributed by atoms with E-state index >= 15 is 0 Å². The summed E-state index contributed by atoms with van der Waals surface area (Å²) in [5, 5.41) is 10.5. The number of ether oxygens (including phenoxy) is 2. The van der Waals surface area contributed by atoms with Crippen LogP contribution in [0.4, 0.5) is 0 Å². The first-order chi connectivity index (χ1) is 10.6. The number of methoxy groups -OCH3 is 1. The molecular formula is C17H15ClO4. The molecule has 4 nitrogen and oxygen atoms in total. The van der Waals surface area contributed by atoms with Crippen molar-refractivity contribution in [2.75, 3.05) is 13.9 Å². The summed E-state index contributed by atoms with van der Waals surface area (Å²) < 4.78 is 9.96. The Balaban J connectivity index is 2.10. The molecule has 0 radical (unpaired) electrons. The van der Waals surface area contributed by atoms with Crippen LogP contribution in [0, 0.1) is 0 Å². The third-order valence-electron chi connectivity index (χ3n) is 2.88. The zero-order chi connectivity index (χ0) is 15.9. The van der Waals surface area contributed by atoms with Crippen LogP contribution < -0.4 is 4.74 Å². The second kappa shape index (κ2) is 7.64. The molecule has 2 rings (SSSR count). The number of phenolic OH excluding ortho intramolecular Hbond substituents is 1. The number of halogens is 1. The Morgan fingerprint density at radius 1 is 1.23 bits per heavy atom. The highest BCUT2D eigenvalue weighted by molar-refractivity contribution is 6.30. The van der Waals surface area contributed by atoms with Gasteiger partial charge in [-0.25, -0.2) is 0 Å². The van der Waals surface area contributed by atoms with Gasteiger partial charge in [-0.2, -0.15) is 0 Å². The number of benzene rings is 2. The molecule has 0 saturated carbocycles. The number of aromatic hydroxyl groups is 1. The van der Waals surface area contributed by atoms with Gasteiger partial charge in [-0.15, -0.1) is 0 Å². The van der Waals surface area contributed by atoms with Crippen LogP contribution in [0.1, 0.15) is 15.9 Å². The smallest absolute Gasteiger partial charge is 0.189 e. The highest BCUT2D eigenvalue weighted by atomic mass is 35.5. The van der Waals surface area contributed by atoms with Gasteiger partial charge < -0.3 is 14.6 Å². The summed E-state index contributed by atoms with van der Waals surface area (Å²) in [5.41, 5.74) is 1.05. The molecule has 0 spiro atoms. The molecule has 0 aliphatic carbocycles. The summed E-state index contributed by atoms with van der Waals surface area (Å²) in [4.78, 5) is 12.1. The van der Waals surface area contributed by atoms with Crippen molar-refractivity contribution in [3.8, 4) is 11.5 Å². The van der Waals surface area contributed by atoms with Gasteiger partial charge in [0.1, 0.15) is 11.5 Å². The fourth-order valence-corrected chi connectivity index (χ4v) is 1.90. The van der Waals surface area contributed by atoms with Crippen LogP contribution in [0.15, 0.2) is 48.5 Å². The van der Waals surface area contributed by atoms with Crippen LogP contribution in [-0.2, 0) is 4.74 Å². The zero-order valence-corrected chi connectivity index (χ0v) is 12.7. The molecule has 0 bridgehead atoms. The average Bonchev–Trinajstić information content (AvgIpc) is 2.52. The highest BCUT2D eigenvalue weighted by Crippen LogP contribution is 2.24. The van der Waals surface area contributed by atoms with Gasteiger partial charge in [0.05, 0.1) is 5.56 Å². The number of hydrogen-bond acceptors (Lipinski definition) is 4. The molecule has 1 N–H and O–H groups in total. The molecule has 22 heavy (non-hydrogen) atoms. The van der Waals surface area contributed by atoms with Crippen molar-refractivity contribution in [3.63, 3.8) is 0 Å². The second-order valence-corrected chi connectivity index (χ2v) is 4.92. The maximum atomic E-state index is 12.1. The van der Waals surface area contributed by atoms with Crippen molar-refractivity contribution in [1.82, 2.24) is 0 Å². The minimum atomic E-state index is -0.300. The van der Waals surface area contributed by atoms with Crippen LogP contribution in [0.2, 0.25) is 5.02 Å². The Hall–Kier alpha value is -2.30. The monoisotopic (exact) mass is 318 g/mol. The van der Waals surface area contributed by atoms with Gasteiger partial charge in [-0.1, -0.05) is 29.8 Å². The third kappa shape index (κ3) is 4.35. The van der Waals surface area contributed by atoms with E-state index in [2.05, 4.69) is 0 Å². The molecule has 2 aromatic carbocycles. The van der Waals surface area contributed by atoms with Crippen molar-refractivity contribution >= 4 is 23.5 Å². The summed E-state index contributed by atoms with van der Waals surface area (Å²) in [7, 11) is 1.50. The number of carbonyl (C=O) groups is 1. The predicted molar refractivity (Wildman–Crippen MR) is 85.4 cm³/mol. The first-order valence-electron chi connectivity index (χ1n) is 6.53. The molecule has 0 atom stereocenters. The van der Waals surface area contributed by atoms with Gasteiger partial charge >= 0.3 is 0 Å². The maximum absolute atomic E-state index is 12.1. The Labute approximate surface area is 133 Å². The standard InChI is InChI=1S/C17H15ClO4/c1-21-11-22-14-7-8-15(17(20)10-14)16(19)9-4-12-2-5-13(18)6-3-12/h2-10,20H,11H2,1H3/b9-4+. The molecule has 0 heterocycles. The number of carbonyl (C=O) groups excluding carboxylic acids is 1. The van der Waals surface area contributed by atoms with Crippen LogP contribution >= 0.6 is 11.6 Å². The van der Waals surface area contributed by atoms with Crippen molar-refractivity contribution in [2.45, 2.75) is 0 Å². The fourth-order valence-electron chi connectivity index (χ4n) is 1.77. The minimum absolute atomic E-state index is 0.0726. The van der Waals surface area contributed by atoms with E-state index < -0.39 is 0 Å². The molecule has 0 aliphatic rings. The molecule has 0 fully saturated rings. The molecular weight excluding hydrogens is 304 g/mol. The van der Waals surface area contributed by atoms with Crippen molar-refractivity contribution in [1.29, 1.82) is 0 Å². The Kier molecular flexibility index (Phi) is 5.58. The molecule has 0 aromatic heterocycles. The van der Waals surface area contributed by atoms with Crippen molar-refractivity contribution in [2.24, 2.45) is 0 Å². The lowest BCUT2D eigenvalue weighted by molar-refractivity contribution is 0.0510. The van der Waals surface area contributed by atoms with E-state index in [4.69, 9.17) is 21.1 Å². The summed E-state index contributed by atoms with van der Waals surface area (Å²) in [6.07, 6.45) is 3.06.